The van der Waals surface area contributed by atoms with E-state index in [1.54, 1.807) is 7.11 Å². The predicted molar refractivity (Wildman–Crippen MR) is 75.0 cm³/mol. The van der Waals surface area contributed by atoms with Gasteiger partial charge in [-0.05, 0) is 6.92 Å². The monoisotopic (exact) mass is 298 g/mol. The molecule has 0 spiro atoms. The van der Waals surface area contributed by atoms with Crippen molar-refractivity contribution in [3.8, 4) is 0 Å². The van der Waals surface area contributed by atoms with E-state index >= 15 is 0 Å². The van der Waals surface area contributed by atoms with Gasteiger partial charge in [0.15, 0.2) is 0 Å². The van der Waals surface area contributed by atoms with Gasteiger partial charge < -0.3 is 33.9 Å². The zero-order chi connectivity index (χ0) is 15.3. The lowest BCUT2D eigenvalue weighted by Crippen LogP contribution is -2.13. The van der Waals surface area contributed by atoms with Crippen LogP contribution in [0.3, 0.4) is 0 Å². The molecule has 0 aliphatic heterocycles. The number of hydrogen-bond acceptors (Lipinski definition) is 7. The first kappa shape index (κ1) is 22.0. The Hall–Kier alpha value is -0.280. The molecule has 0 fully saturated rings. The summed E-state index contributed by atoms with van der Waals surface area (Å²) >= 11 is 0. The van der Waals surface area contributed by atoms with E-state index in [1.807, 2.05) is 6.92 Å². The molecule has 0 atom stereocenters. The molecule has 0 unspecified atom stereocenters. The Morgan fingerprint density at radius 1 is 0.600 bits per heavy atom. The van der Waals surface area contributed by atoms with Gasteiger partial charge in [0.25, 0.3) is 0 Å². The van der Waals surface area contributed by atoms with Gasteiger partial charge in [-0.15, -0.1) is 0 Å². The zero-order valence-corrected chi connectivity index (χ0v) is 12.7. The second-order valence-electron chi connectivity index (χ2n) is 3.47. The first-order valence-corrected chi connectivity index (χ1v) is 6.85. The summed E-state index contributed by atoms with van der Waals surface area (Å²) in [5.41, 5.74) is 0. The van der Waals surface area contributed by atoms with Gasteiger partial charge in [0, 0.05) is 13.7 Å². The minimum atomic E-state index is 0.0386. The molecule has 0 aromatic rings. The van der Waals surface area contributed by atoms with Crippen LogP contribution in [0.2, 0.25) is 0 Å². The molecule has 124 valence electrons. The van der Waals surface area contributed by atoms with Gasteiger partial charge in [-0.25, -0.2) is 0 Å². The van der Waals surface area contributed by atoms with Crippen molar-refractivity contribution in [3.63, 3.8) is 0 Å². The third-order valence-electron chi connectivity index (χ3n) is 1.88. The summed E-state index contributed by atoms with van der Waals surface area (Å²) in [7, 11) is 1.68. The number of rotatable bonds is 14. The molecule has 0 rings (SSSR count). The molecule has 7 nitrogen and oxygen atoms in total. The number of hydrogen-bond donors (Lipinski definition) is 2. The van der Waals surface area contributed by atoms with Crippen molar-refractivity contribution in [2.24, 2.45) is 0 Å². The Kier molecular flexibility index (Phi) is 26.2. The minimum absolute atomic E-state index is 0.0386. The Morgan fingerprint density at radius 3 is 1.05 bits per heavy atom. The number of ether oxygens (including phenoxy) is 5. The van der Waals surface area contributed by atoms with Gasteiger partial charge in [-0.2, -0.15) is 0 Å². The number of aliphatic hydroxyl groups is 2. The van der Waals surface area contributed by atoms with Crippen LogP contribution in [0.1, 0.15) is 6.92 Å². The smallest absolute Gasteiger partial charge is 0.0701 e. The van der Waals surface area contributed by atoms with Crippen LogP contribution in [-0.2, 0) is 23.7 Å². The normalized spacial score (nSPS) is 10.2. The number of aliphatic hydroxyl groups excluding tert-OH is 2. The van der Waals surface area contributed by atoms with E-state index in [2.05, 4.69) is 4.74 Å². The highest BCUT2D eigenvalue weighted by Gasteiger charge is 1.91. The molecule has 0 saturated heterocycles. The zero-order valence-electron chi connectivity index (χ0n) is 12.7. The average Bonchev–Trinajstić information content (AvgIpc) is 2.49. The average molecular weight is 298 g/mol. The molecule has 0 aromatic heterocycles. The third kappa shape index (κ3) is 26.3. The van der Waals surface area contributed by atoms with E-state index in [4.69, 9.17) is 29.2 Å². The van der Waals surface area contributed by atoms with E-state index in [-0.39, 0.29) is 13.2 Å². The van der Waals surface area contributed by atoms with Crippen LogP contribution >= 0.6 is 0 Å². The highest BCUT2D eigenvalue weighted by atomic mass is 16.6. The predicted octanol–water partition coefficient (Wildman–Crippen LogP) is -0.310. The fourth-order valence-electron chi connectivity index (χ4n) is 0.891. The Morgan fingerprint density at radius 2 is 0.850 bits per heavy atom. The fraction of sp³-hybridized carbons (Fsp3) is 1.00. The quantitative estimate of drug-likeness (QED) is 0.425. The van der Waals surface area contributed by atoms with Crippen LogP contribution in [0.5, 0.6) is 0 Å². The largest absolute Gasteiger partial charge is 0.394 e. The lowest BCUT2D eigenvalue weighted by molar-refractivity contribution is -0.00856. The Labute approximate surface area is 121 Å². The lowest BCUT2D eigenvalue weighted by Gasteiger charge is -2.06. The van der Waals surface area contributed by atoms with Crippen molar-refractivity contribution in [3.05, 3.63) is 0 Å². The van der Waals surface area contributed by atoms with E-state index in [9.17, 15) is 0 Å². The van der Waals surface area contributed by atoms with Crippen molar-refractivity contribution in [2.75, 3.05) is 79.8 Å². The second kappa shape index (κ2) is 23.8. The minimum Gasteiger partial charge on any atom is -0.394 e. The van der Waals surface area contributed by atoms with Crippen molar-refractivity contribution < 1.29 is 33.9 Å². The maximum atomic E-state index is 8.41. The van der Waals surface area contributed by atoms with Gasteiger partial charge in [0.05, 0.1) is 66.1 Å². The van der Waals surface area contributed by atoms with E-state index in [1.165, 1.54) is 0 Å². The van der Waals surface area contributed by atoms with E-state index in [0.717, 1.165) is 6.61 Å². The van der Waals surface area contributed by atoms with E-state index < -0.39 is 0 Å². The molecule has 7 heteroatoms. The third-order valence-corrected chi connectivity index (χ3v) is 1.88. The van der Waals surface area contributed by atoms with Crippen LogP contribution in [0.4, 0.5) is 0 Å². The molecule has 0 aliphatic carbocycles. The van der Waals surface area contributed by atoms with Gasteiger partial charge in [-0.3, -0.25) is 0 Å². The van der Waals surface area contributed by atoms with Gasteiger partial charge in [0.1, 0.15) is 0 Å². The molecule has 0 amide bonds. The van der Waals surface area contributed by atoms with Gasteiger partial charge in [-0.1, -0.05) is 0 Å². The van der Waals surface area contributed by atoms with Crippen LogP contribution in [0.15, 0.2) is 0 Å². The highest BCUT2D eigenvalue weighted by molar-refractivity contribution is 4.34. The van der Waals surface area contributed by atoms with Crippen molar-refractivity contribution in [2.45, 2.75) is 6.92 Å². The van der Waals surface area contributed by atoms with Crippen molar-refractivity contribution in [1.82, 2.24) is 0 Å². The summed E-state index contributed by atoms with van der Waals surface area (Å²) in [6.45, 7) is 6.57. The summed E-state index contributed by atoms with van der Waals surface area (Å²) in [6.07, 6.45) is 0. The summed E-state index contributed by atoms with van der Waals surface area (Å²) in [5, 5.41) is 16.8. The summed E-state index contributed by atoms with van der Waals surface area (Å²) in [5.74, 6) is 0. The molecule has 0 aliphatic rings. The number of methoxy groups -OCH3 is 1. The Bertz CT molecular complexity index is 131. The van der Waals surface area contributed by atoms with Gasteiger partial charge in [0.2, 0.25) is 0 Å². The topological polar surface area (TPSA) is 86.6 Å². The molecule has 0 radical (unpaired) electrons. The van der Waals surface area contributed by atoms with Crippen molar-refractivity contribution in [1.29, 1.82) is 0 Å². The molecule has 20 heavy (non-hydrogen) atoms. The standard InChI is InChI=1S/C10H22O6.C3H8O/c11-1-3-13-5-7-15-9-10-16-8-6-14-4-2-12;1-3-4-2/h11-12H,1-10H2;3H2,1-2H3. The van der Waals surface area contributed by atoms with Crippen LogP contribution in [-0.4, -0.2) is 90.0 Å². The highest BCUT2D eigenvalue weighted by Crippen LogP contribution is 1.82. The van der Waals surface area contributed by atoms with Gasteiger partial charge >= 0.3 is 0 Å². The molecular weight excluding hydrogens is 268 g/mol. The summed E-state index contributed by atoms with van der Waals surface area (Å²) < 4.78 is 24.9. The lowest BCUT2D eigenvalue weighted by atomic mass is 10.7. The van der Waals surface area contributed by atoms with Crippen LogP contribution in [0, 0.1) is 0 Å². The molecule has 0 aromatic carbocycles. The molecule has 0 saturated carbocycles. The maximum absolute atomic E-state index is 8.41. The Balaban J connectivity index is 0. The first-order valence-electron chi connectivity index (χ1n) is 6.85. The SMILES string of the molecule is CCOC.OCCOCCOCCOCCOCCO. The molecule has 0 heterocycles. The maximum Gasteiger partial charge on any atom is 0.0701 e. The van der Waals surface area contributed by atoms with Crippen LogP contribution < -0.4 is 0 Å². The molecule has 2 N–H and O–H groups in total. The van der Waals surface area contributed by atoms with Crippen molar-refractivity contribution >= 4 is 0 Å². The molecular formula is C13H30O7. The van der Waals surface area contributed by atoms with E-state index in [0.29, 0.717) is 52.9 Å². The molecule has 0 bridgehead atoms. The summed E-state index contributed by atoms with van der Waals surface area (Å²) in [6, 6.07) is 0. The second-order valence-corrected chi connectivity index (χ2v) is 3.47. The summed E-state index contributed by atoms with van der Waals surface area (Å²) in [4.78, 5) is 0. The first-order chi connectivity index (χ1) is 9.83. The fourth-order valence-corrected chi connectivity index (χ4v) is 0.891. The van der Waals surface area contributed by atoms with Crippen LogP contribution in [0.25, 0.3) is 0 Å².